The van der Waals surface area contributed by atoms with E-state index in [2.05, 4.69) is 6.92 Å². The van der Waals surface area contributed by atoms with E-state index in [4.69, 9.17) is 4.98 Å². The normalized spacial score (nSPS) is 19.2. The zero-order valence-corrected chi connectivity index (χ0v) is 8.90. The fourth-order valence-electron chi connectivity index (χ4n) is 3.08. The molecule has 0 saturated carbocycles. The fourth-order valence-corrected chi connectivity index (χ4v) is 3.08. The van der Waals surface area contributed by atoms with Gasteiger partial charge in [0, 0.05) is 11.4 Å². The first-order chi connectivity index (χ1) is 6.86. The van der Waals surface area contributed by atoms with Crippen LogP contribution in [-0.4, -0.2) is 4.98 Å². The van der Waals surface area contributed by atoms with Crippen LogP contribution in [0.1, 0.15) is 47.3 Å². The Morgan fingerprint density at radius 1 is 0.786 bits per heavy atom. The number of pyridine rings is 1. The smallest absolute Gasteiger partial charge is 0.0441 e. The van der Waals surface area contributed by atoms with Crippen molar-refractivity contribution < 1.29 is 0 Å². The van der Waals surface area contributed by atoms with E-state index >= 15 is 0 Å². The first-order valence-corrected chi connectivity index (χ1v) is 5.86. The van der Waals surface area contributed by atoms with Crippen LogP contribution in [0.25, 0.3) is 0 Å². The van der Waals surface area contributed by atoms with Crippen molar-refractivity contribution in [2.45, 2.75) is 51.9 Å². The molecule has 1 heteroatoms. The third-order valence-electron chi connectivity index (χ3n) is 3.76. The molecule has 0 saturated heterocycles. The molecule has 1 heterocycles. The van der Waals surface area contributed by atoms with E-state index in [-0.39, 0.29) is 0 Å². The Hall–Kier alpha value is -0.850. The molecule has 0 N–H and O–H groups in total. The Balaban J connectivity index is 2.22. The number of hydrogen-bond donors (Lipinski definition) is 0. The molecule has 1 aromatic rings. The molecule has 0 fully saturated rings. The van der Waals surface area contributed by atoms with Gasteiger partial charge in [0.25, 0.3) is 0 Å². The predicted octanol–water partition coefficient (Wildman–Crippen LogP) is 2.76. The van der Waals surface area contributed by atoms with Gasteiger partial charge in [-0.15, -0.1) is 0 Å². The van der Waals surface area contributed by atoms with Gasteiger partial charge in [-0.3, -0.25) is 4.98 Å². The van der Waals surface area contributed by atoms with Crippen molar-refractivity contribution in [2.75, 3.05) is 0 Å². The van der Waals surface area contributed by atoms with E-state index in [0.717, 1.165) is 0 Å². The second kappa shape index (κ2) is 3.08. The minimum absolute atomic E-state index is 1.23. The van der Waals surface area contributed by atoms with Crippen molar-refractivity contribution in [3.8, 4) is 0 Å². The molecule has 1 nitrogen and oxygen atoms in total. The van der Waals surface area contributed by atoms with Crippen molar-refractivity contribution in [1.82, 2.24) is 4.98 Å². The molecule has 0 spiro atoms. The zero-order valence-electron chi connectivity index (χ0n) is 8.90. The summed E-state index contributed by atoms with van der Waals surface area (Å²) in [5.74, 6) is 0. The first-order valence-electron chi connectivity index (χ1n) is 5.86. The molecule has 0 bridgehead atoms. The summed E-state index contributed by atoms with van der Waals surface area (Å²) >= 11 is 0. The van der Waals surface area contributed by atoms with Crippen molar-refractivity contribution in [2.24, 2.45) is 0 Å². The molecule has 1 aromatic heterocycles. The summed E-state index contributed by atoms with van der Waals surface area (Å²) < 4.78 is 0. The van der Waals surface area contributed by atoms with Crippen molar-refractivity contribution >= 4 is 0 Å². The van der Waals surface area contributed by atoms with Crippen molar-refractivity contribution in [3.05, 3.63) is 28.1 Å². The van der Waals surface area contributed by atoms with Crippen LogP contribution >= 0.6 is 0 Å². The van der Waals surface area contributed by atoms with Crippen LogP contribution in [0.5, 0.6) is 0 Å². The van der Waals surface area contributed by atoms with Crippen molar-refractivity contribution in [3.63, 3.8) is 0 Å². The highest BCUT2D eigenvalue weighted by Gasteiger charge is 2.22. The quantitative estimate of drug-likeness (QED) is 0.608. The van der Waals surface area contributed by atoms with E-state index < -0.39 is 0 Å². The summed E-state index contributed by atoms with van der Waals surface area (Å²) in [6, 6.07) is 0. The summed E-state index contributed by atoms with van der Waals surface area (Å²) in [7, 11) is 0. The summed E-state index contributed by atoms with van der Waals surface area (Å²) in [6.45, 7) is 2.19. The maximum absolute atomic E-state index is 4.79. The second-order valence-corrected chi connectivity index (χ2v) is 4.64. The van der Waals surface area contributed by atoms with Gasteiger partial charge in [-0.05, 0) is 68.6 Å². The molecule has 0 atom stereocenters. The fraction of sp³-hybridized carbons (Fsp3) is 0.615. The van der Waals surface area contributed by atoms with Gasteiger partial charge in [0.1, 0.15) is 0 Å². The zero-order chi connectivity index (χ0) is 9.54. The Bertz CT molecular complexity index is 379. The Kier molecular flexibility index (Phi) is 1.86. The molecule has 2 aliphatic rings. The van der Waals surface area contributed by atoms with Gasteiger partial charge in [0.2, 0.25) is 0 Å². The molecule has 0 amide bonds. The Morgan fingerprint density at radius 3 is 2.43 bits per heavy atom. The highest BCUT2D eigenvalue weighted by atomic mass is 14.7. The Morgan fingerprint density at radius 2 is 1.50 bits per heavy atom. The number of nitrogens with zero attached hydrogens (tertiary/aromatic N) is 1. The highest BCUT2D eigenvalue weighted by Crippen LogP contribution is 2.32. The third-order valence-corrected chi connectivity index (χ3v) is 3.76. The van der Waals surface area contributed by atoms with Crippen LogP contribution in [0.2, 0.25) is 0 Å². The molecule has 0 radical (unpaired) electrons. The van der Waals surface area contributed by atoms with Crippen LogP contribution in [-0.2, 0) is 25.7 Å². The van der Waals surface area contributed by atoms with E-state index in [1.165, 1.54) is 56.3 Å². The van der Waals surface area contributed by atoms with Gasteiger partial charge < -0.3 is 0 Å². The van der Waals surface area contributed by atoms with Gasteiger partial charge in [-0.1, -0.05) is 0 Å². The van der Waals surface area contributed by atoms with Crippen LogP contribution < -0.4 is 0 Å². The summed E-state index contributed by atoms with van der Waals surface area (Å²) in [4.78, 5) is 4.79. The third kappa shape index (κ3) is 1.11. The number of hydrogen-bond acceptors (Lipinski definition) is 1. The lowest BCUT2D eigenvalue weighted by atomic mass is 9.90. The Labute approximate surface area is 85.6 Å². The molecule has 0 aliphatic heterocycles. The standard InChI is InChI=1S/C13H17N/c1-9-10-6-4-7-11(10)12-5-2-3-8-13(12)14-9/h2-8H2,1H3. The molecular weight excluding hydrogens is 170 g/mol. The van der Waals surface area contributed by atoms with E-state index in [1.54, 1.807) is 16.7 Å². The molecule has 3 rings (SSSR count). The van der Waals surface area contributed by atoms with Crippen LogP contribution in [0.3, 0.4) is 0 Å². The maximum atomic E-state index is 4.79. The summed E-state index contributed by atoms with van der Waals surface area (Å²) in [5.41, 5.74) is 7.65. The molecule has 0 unspecified atom stereocenters. The topological polar surface area (TPSA) is 12.9 Å². The number of fused-ring (bicyclic) bond motifs is 3. The summed E-state index contributed by atoms with van der Waals surface area (Å²) in [5, 5.41) is 0. The second-order valence-electron chi connectivity index (χ2n) is 4.64. The van der Waals surface area contributed by atoms with Gasteiger partial charge in [-0.2, -0.15) is 0 Å². The van der Waals surface area contributed by atoms with Crippen LogP contribution in [0, 0.1) is 6.92 Å². The minimum Gasteiger partial charge on any atom is -0.258 e. The van der Waals surface area contributed by atoms with Crippen molar-refractivity contribution in [1.29, 1.82) is 0 Å². The average Bonchev–Trinajstić information content (AvgIpc) is 2.67. The first kappa shape index (κ1) is 8.46. The number of rotatable bonds is 0. The van der Waals surface area contributed by atoms with Gasteiger partial charge in [0.05, 0.1) is 0 Å². The number of aryl methyl sites for hydroxylation is 2. The monoisotopic (exact) mass is 187 g/mol. The SMILES string of the molecule is Cc1nc2c(c3c1CCC3)CCCC2. The summed E-state index contributed by atoms with van der Waals surface area (Å²) in [6.07, 6.45) is 9.20. The van der Waals surface area contributed by atoms with E-state index in [1.807, 2.05) is 0 Å². The predicted molar refractivity (Wildman–Crippen MR) is 57.6 cm³/mol. The molecule has 2 aliphatic carbocycles. The van der Waals surface area contributed by atoms with Gasteiger partial charge in [0.15, 0.2) is 0 Å². The lowest BCUT2D eigenvalue weighted by Gasteiger charge is -2.19. The van der Waals surface area contributed by atoms with E-state index in [0.29, 0.717) is 0 Å². The lowest BCUT2D eigenvalue weighted by Crippen LogP contribution is -2.10. The lowest BCUT2D eigenvalue weighted by molar-refractivity contribution is 0.659. The minimum atomic E-state index is 1.23. The molecule has 0 aromatic carbocycles. The molecule has 14 heavy (non-hydrogen) atoms. The van der Waals surface area contributed by atoms with Gasteiger partial charge in [-0.25, -0.2) is 0 Å². The largest absolute Gasteiger partial charge is 0.258 e. The van der Waals surface area contributed by atoms with E-state index in [9.17, 15) is 0 Å². The average molecular weight is 187 g/mol. The highest BCUT2D eigenvalue weighted by molar-refractivity contribution is 5.44. The maximum Gasteiger partial charge on any atom is 0.0441 e. The van der Waals surface area contributed by atoms with Crippen LogP contribution in [0.4, 0.5) is 0 Å². The van der Waals surface area contributed by atoms with Gasteiger partial charge >= 0.3 is 0 Å². The van der Waals surface area contributed by atoms with Crippen LogP contribution in [0.15, 0.2) is 0 Å². The number of aromatic nitrogens is 1. The molecule has 74 valence electrons. The molecular formula is C13H17N.